The Hall–Kier alpha value is -10.5. The first-order valence-electron chi connectivity index (χ1n) is 34.1. The number of methoxy groups -OCH3 is 2. The van der Waals surface area contributed by atoms with Crippen LogP contribution in [0.15, 0.2) is 170 Å². The number of carboxylic acid groups (broad SMARTS) is 2. The summed E-state index contributed by atoms with van der Waals surface area (Å²) in [7, 11) is 2.60. The molecule has 26 nitrogen and oxygen atoms in total. The molecule has 6 heterocycles. The molecule has 4 aromatic carbocycles. The Morgan fingerprint density at radius 3 is 1.01 bits per heavy atom. The lowest BCUT2D eigenvalue weighted by atomic mass is 9.91. The van der Waals surface area contributed by atoms with E-state index < -0.39 is 35.7 Å². The highest BCUT2D eigenvalue weighted by molar-refractivity contribution is 6.35. The average molecular weight is 1650 g/mol. The second-order valence-electron chi connectivity index (χ2n) is 24.7. The molecule has 2 saturated carbocycles. The van der Waals surface area contributed by atoms with E-state index in [1.54, 1.807) is 30.3 Å². The summed E-state index contributed by atoms with van der Waals surface area (Å²) in [4.78, 5) is 91.0. The molecular formula is C78H83Cl7N16O10. The average Bonchev–Trinajstić information content (AvgIpc) is 1.28. The molecule has 111 heavy (non-hydrogen) atoms. The quantitative estimate of drug-likeness (QED) is 0.0316. The van der Waals surface area contributed by atoms with Gasteiger partial charge in [0.2, 0.25) is 0 Å². The number of rotatable bonds is 16. The number of anilines is 9. The highest BCUT2D eigenvalue weighted by atomic mass is 35.5. The van der Waals surface area contributed by atoms with Gasteiger partial charge in [-0.05, 0) is 197 Å². The van der Waals surface area contributed by atoms with Gasteiger partial charge in [0.05, 0.1) is 36.5 Å². The summed E-state index contributed by atoms with van der Waals surface area (Å²) >= 11 is 39.5. The largest absolute Gasteiger partial charge is 0.478 e. The number of halogens is 7. The van der Waals surface area contributed by atoms with E-state index in [1.807, 2.05) is 125 Å². The summed E-state index contributed by atoms with van der Waals surface area (Å²) in [5.74, 6) is -2.07. The summed E-state index contributed by atoms with van der Waals surface area (Å²) in [5.41, 5.74) is 37.2. The van der Waals surface area contributed by atoms with Crippen LogP contribution in [0.1, 0.15) is 136 Å². The molecule has 2 unspecified atom stereocenters. The Kier molecular flexibility index (Phi) is 36.2. The van der Waals surface area contributed by atoms with Gasteiger partial charge in [-0.2, -0.15) is 0 Å². The monoisotopic (exact) mass is 1650 g/mol. The van der Waals surface area contributed by atoms with Gasteiger partial charge in [-0.15, -0.1) is 0 Å². The van der Waals surface area contributed by atoms with E-state index in [9.17, 15) is 28.8 Å². The smallest absolute Gasteiger partial charge is 0.341 e. The number of amides is 2. The number of esters is 2. The molecule has 12 rings (SSSR count). The van der Waals surface area contributed by atoms with Crippen molar-refractivity contribution in [2.24, 2.45) is 28.7 Å². The third-order valence-electron chi connectivity index (χ3n) is 16.1. The van der Waals surface area contributed by atoms with E-state index in [1.165, 1.54) is 82.4 Å². The molecule has 10 aromatic rings. The molecule has 4 atom stereocenters. The number of carbonyl (C=O) groups is 6. The van der Waals surface area contributed by atoms with E-state index >= 15 is 0 Å². The van der Waals surface area contributed by atoms with Crippen molar-refractivity contribution in [3.8, 4) is 0 Å². The maximum absolute atomic E-state index is 11.7. The number of nitrogens with two attached hydrogens (primary N) is 5. The van der Waals surface area contributed by atoms with Crippen molar-refractivity contribution in [1.82, 2.24) is 29.9 Å². The topological polar surface area (TPSA) is 429 Å². The number of hydrogen-bond donors (Lipinski definition) is 12. The highest BCUT2D eigenvalue weighted by Gasteiger charge is 2.24. The summed E-state index contributed by atoms with van der Waals surface area (Å²) < 4.78 is 9.17. The van der Waals surface area contributed by atoms with Crippen LogP contribution in [0.5, 0.6) is 0 Å². The molecule has 2 aliphatic rings. The van der Waals surface area contributed by atoms with Gasteiger partial charge in [-0.25, -0.2) is 49.1 Å². The van der Waals surface area contributed by atoms with Gasteiger partial charge < -0.3 is 74.9 Å². The van der Waals surface area contributed by atoms with Gasteiger partial charge in [0.1, 0.15) is 76.3 Å². The van der Waals surface area contributed by atoms with Gasteiger partial charge in [-0.3, -0.25) is 9.59 Å². The van der Waals surface area contributed by atoms with Crippen molar-refractivity contribution in [1.29, 1.82) is 0 Å². The first kappa shape index (κ1) is 89.4. The number of benzene rings is 4. The normalized spacial score (nSPS) is 14.4. The second kappa shape index (κ2) is 45.0. The number of carboxylic acids is 2. The first-order valence-corrected chi connectivity index (χ1v) is 36.7. The summed E-state index contributed by atoms with van der Waals surface area (Å²) in [5, 5.41) is 34.5. The number of aryl methyl sites for hydroxylation is 4. The fourth-order valence-electron chi connectivity index (χ4n) is 10.5. The Balaban J connectivity index is 0.000000207. The Morgan fingerprint density at radius 2 is 0.667 bits per heavy atom. The van der Waals surface area contributed by atoms with Crippen LogP contribution in [0.4, 0.5) is 51.8 Å². The molecule has 0 saturated heterocycles. The lowest BCUT2D eigenvalue weighted by Crippen LogP contribution is -2.43. The zero-order valence-electron chi connectivity index (χ0n) is 61.0. The third kappa shape index (κ3) is 30.0. The van der Waals surface area contributed by atoms with Crippen LogP contribution in [0.25, 0.3) is 0 Å². The Bertz CT molecular complexity index is 4740. The second-order valence-corrected chi connectivity index (χ2v) is 27.4. The lowest BCUT2D eigenvalue weighted by molar-refractivity contribution is 0.0592. The van der Waals surface area contributed by atoms with Gasteiger partial charge >= 0.3 is 23.9 Å². The summed E-state index contributed by atoms with van der Waals surface area (Å²) in [6.45, 7) is 7.92. The minimum atomic E-state index is -1.11. The molecule has 584 valence electrons. The first-order chi connectivity index (χ1) is 52.8. The number of hydrogen-bond acceptors (Lipinski definition) is 22. The van der Waals surface area contributed by atoms with Gasteiger partial charge in [0.15, 0.2) is 0 Å². The van der Waals surface area contributed by atoms with Gasteiger partial charge in [0.25, 0.3) is 11.8 Å². The van der Waals surface area contributed by atoms with Crippen LogP contribution in [0, 0.1) is 27.7 Å². The van der Waals surface area contributed by atoms with Gasteiger partial charge in [0, 0.05) is 46.9 Å². The zero-order chi connectivity index (χ0) is 81.4. The predicted molar refractivity (Wildman–Crippen MR) is 440 cm³/mol. The molecule has 2 aliphatic carbocycles. The maximum atomic E-state index is 11.7. The van der Waals surface area contributed by atoms with Crippen LogP contribution in [-0.4, -0.2) is 114 Å². The fraction of sp³-hybridized carbons (Fsp3) is 0.231. The van der Waals surface area contributed by atoms with Gasteiger partial charge in [-0.1, -0.05) is 155 Å². The minimum absolute atomic E-state index is 0.0453. The van der Waals surface area contributed by atoms with Crippen molar-refractivity contribution in [3.05, 3.63) is 262 Å². The van der Waals surface area contributed by atoms with Crippen LogP contribution in [0.2, 0.25) is 36.1 Å². The molecule has 33 heteroatoms. The molecule has 6 aromatic heterocycles. The lowest BCUT2D eigenvalue weighted by Gasteiger charge is -2.29. The van der Waals surface area contributed by atoms with E-state index in [4.69, 9.17) is 125 Å². The number of ether oxygens (including phenoxy) is 2. The van der Waals surface area contributed by atoms with Crippen LogP contribution >= 0.6 is 81.2 Å². The summed E-state index contributed by atoms with van der Waals surface area (Å²) in [6.07, 6.45) is 9.19. The number of aromatic nitrogens is 6. The van der Waals surface area contributed by atoms with Crippen molar-refractivity contribution in [2.75, 3.05) is 40.8 Å². The Morgan fingerprint density at radius 1 is 0.369 bits per heavy atom. The van der Waals surface area contributed by atoms with E-state index in [0.29, 0.717) is 50.3 Å². The number of primary amides is 2. The molecule has 2 fully saturated rings. The molecule has 2 amide bonds. The fourth-order valence-corrected chi connectivity index (χ4v) is 11.8. The van der Waals surface area contributed by atoms with Crippen LogP contribution in [-0.2, 0) is 9.47 Å². The molecule has 0 radical (unpaired) electrons. The van der Waals surface area contributed by atoms with Crippen LogP contribution < -0.4 is 55.3 Å². The number of pyridine rings is 6. The number of nitrogens with one attached hydrogen (secondary N) is 5. The van der Waals surface area contributed by atoms with E-state index in [0.717, 1.165) is 70.7 Å². The van der Waals surface area contributed by atoms with Crippen molar-refractivity contribution in [2.45, 2.75) is 103 Å². The Labute approximate surface area is 676 Å². The zero-order valence-corrected chi connectivity index (χ0v) is 66.3. The molecule has 0 bridgehead atoms. The molecule has 0 spiro atoms. The van der Waals surface area contributed by atoms with Crippen molar-refractivity contribution in [3.63, 3.8) is 0 Å². The SMILES string of the molecule is COC(=O)c1ccc(Cl)nc1Cl.COC(=O)c1ccc(Cl)nc1Nc1cccc(C)c1.Cc1cccc(Nc2nc(Cl)ccc2C(=O)O)c1.Cc1cccc(Nc2nc(Cl)ccc2C(N)=O)c1.Cc1cccc(Nc2nc(NC3CCCCC3N)ccc2C(N)=O)c1.N[C@@H]1CCCC[C@@H]1N.O=C(O)c1ccc(Cl)nc1Cl. The van der Waals surface area contributed by atoms with Crippen molar-refractivity contribution < 1.29 is 48.5 Å². The number of nitrogens with zero attached hydrogens (tertiary/aromatic N) is 6. The third-order valence-corrected chi connectivity index (χ3v) is 17.7. The standard InChI is InChI=1S/C19H25N5O.C14H13ClN2O2.C13H12ClN3O.C13H11ClN2O2.C7H5Cl2NO2.C6H3Cl2NO2.C6H14N2/c1-12-5-4-6-13(11-12)22-19-14(18(21)25)9-10-17(24-19)23-16-8-3-2-7-15(16)20;1-9-4-3-5-10(8-9)16-13-11(14(18)19-2)6-7-12(15)17-13;1-8-3-2-4-9(7-8)16-13-10(12(15)18)5-6-11(14)17-13;1-8-3-2-4-9(7-8)15-12-10(13(17)18)5-6-11(14)16-12;1-12-7(11)4-2-3-5(8)10-6(4)9;7-4-2-1-3(6(10)11)5(8)9-4;7-5-3-1-2-4-6(5)8/h4-6,9-11,15-16H,2-3,7-8,20H2,1H3,(H2,21,25)(H2,22,23,24);3-8H,1-2H3,(H,16,17);2-7H,1H3,(H2,15,18)(H,16,17);2-7H,1H3,(H,15,16)(H,17,18);2-3H,1H3;1-2H,(H,10,11);5-6H,1-4,7-8H2/t;;;;;;5-,6+. The minimum Gasteiger partial charge on any atom is -0.478 e. The summed E-state index contributed by atoms with van der Waals surface area (Å²) in [6, 6.07) is 49.9. The van der Waals surface area contributed by atoms with E-state index in [2.05, 4.69) is 61.2 Å². The number of carbonyl (C=O) groups excluding carboxylic acids is 4. The van der Waals surface area contributed by atoms with E-state index in [-0.39, 0.29) is 72.4 Å². The molecule has 17 N–H and O–H groups in total. The predicted octanol–water partition coefficient (Wildman–Crippen LogP) is 17.3. The molecular weight excluding hydrogens is 1570 g/mol. The molecule has 0 aliphatic heterocycles. The van der Waals surface area contributed by atoms with Crippen molar-refractivity contribution >= 4 is 169 Å². The maximum Gasteiger partial charge on any atom is 0.341 e. The van der Waals surface area contributed by atoms with Crippen LogP contribution in [0.3, 0.4) is 0 Å². The highest BCUT2D eigenvalue weighted by Crippen LogP contribution is 2.29. The number of aromatic carboxylic acids is 2.